The zero-order valence-electron chi connectivity index (χ0n) is 12.9. The molecule has 6 nitrogen and oxygen atoms in total. The van der Waals surface area contributed by atoms with Crippen LogP contribution in [-0.2, 0) is 0 Å². The Labute approximate surface area is 135 Å². The fourth-order valence-corrected chi connectivity index (χ4v) is 2.95. The zero-order valence-corrected chi connectivity index (χ0v) is 13.6. The SMILES string of the molecule is COc1cc([C@@H](O)CN2CC(C)CN(CCl)C2)ncc1C#N. The third kappa shape index (κ3) is 4.08. The molecule has 1 aliphatic rings. The summed E-state index contributed by atoms with van der Waals surface area (Å²) < 4.78 is 5.16. The molecule has 1 aromatic heterocycles. The van der Waals surface area contributed by atoms with Gasteiger partial charge in [0, 0.05) is 31.9 Å². The van der Waals surface area contributed by atoms with Gasteiger partial charge in [-0.15, -0.1) is 11.6 Å². The fourth-order valence-electron chi connectivity index (χ4n) is 2.78. The smallest absolute Gasteiger partial charge is 0.140 e. The number of β-amino-alcohol motifs (C(OH)–C–C–N with tert-alkyl or cyclic N) is 1. The molecule has 2 atom stereocenters. The number of aliphatic hydroxyl groups is 1. The van der Waals surface area contributed by atoms with E-state index >= 15 is 0 Å². The molecule has 1 aromatic rings. The Bertz CT molecular complexity index is 549. The van der Waals surface area contributed by atoms with E-state index in [1.165, 1.54) is 13.3 Å². The molecule has 7 heteroatoms. The van der Waals surface area contributed by atoms with Gasteiger partial charge >= 0.3 is 0 Å². The molecule has 0 aromatic carbocycles. The second-order valence-corrected chi connectivity index (χ2v) is 5.93. The van der Waals surface area contributed by atoms with E-state index in [-0.39, 0.29) is 0 Å². The molecule has 22 heavy (non-hydrogen) atoms. The number of nitriles is 1. The second kappa shape index (κ2) is 7.75. The molecule has 120 valence electrons. The summed E-state index contributed by atoms with van der Waals surface area (Å²) in [5, 5.41) is 19.4. The van der Waals surface area contributed by atoms with Gasteiger partial charge in [-0.05, 0) is 5.92 Å². The third-order valence-electron chi connectivity index (χ3n) is 3.71. The molecule has 0 bridgehead atoms. The van der Waals surface area contributed by atoms with Crippen molar-refractivity contribution in [3.8, 4) is 11.8 Å². The monoisotopic (exact) mass is 324 g/mol. The van der Waals surface area contributed by atoms with Crippen LogP contribution in [0.25, 0.3) is 0 Å². The number of aromatic nitrogens is 1. The third-order valence-corrected chi connectivity index (χ3v) is 4.05. The van der Waals surface area contributed by atoms with Crippen molar-refractivity contribution in [1.82, 2.24) is 14.8 Å². The Morgan fingerprint density at radius 3 is 2.91 bits per heavy atom. The first-order chi connectivity index (χ1) is 10.6. The number of ether oxygens (including phenoxy) is 1. The van der Waals surface area contributed by atoms with E-state index in [0.717, 1.165) is 19.8 Å². The summed E-state index contributed by atoms with van der Waals surface area (Å²) >= 11 is 5.91. The summed E-state index contributed by atoms with van der Waals surface area (Å²) in [4.78, 5) is 8.46. The van der Waals surface area contributed by atoms with Gasteiger partial charge in [-0.1, -0.05) is 6.92 Å². The predicted octanol–water partition coefficient (Wildman–Crippen LogP) is 1.40. The first-order valence-corrected chi connectivity index (χ1v) is 7.73. The average Bonchev–Trinajstić information content (AvgIpc) is 2.53. The molecule has 0 radical (unpaired) electrons. The van der Waals surface area contributed by atoms with Crippen molar-refractivity contribution in [2.75, 3.05) is 39.4 Å². The van der Waals surface area contributed by atoms with Gasteiger partial charge in [0.25, 0.3) is 0 Å². The zero-order chi connectivity index (χ0) is 16.1. The van der Waals surface area contributed by atoms with Crippen molar-refractivity contribution in [3.63, 3.8) is 0 Å². The van der Waals surface area contributed by atoms with Crippen LogP contribution in [0.4, 0.5) is 0 Å². The molecule has 1 fully saturated rings. The van der Waals surface area contributed by atoms with Crippen molar-refractivity contribution in [2.24, 2.45) is 5.92 Å². The van der Waals surface area contributed by atoms with Crippen LogP contribution in [0.15, 0.2) is 12.3 Å². The highest BCUT2D eigenvalue weighted by atomic mass is 35.5. The number of aliphatic hydroxyl groups excluding tert-OH is 1. The number of hydrogen-bond acceptors (Lipinski definition) is 6. The predicted molar refractivity (Wildman–Crippen MR) is 83.5 cm³/mol. The lowest BCUT2D eigenvalue weighted by Crippen LogP contribution is -2.49. The minimum Gasteiger partial charge on any atom is -0.495 e. The van der Waals surface area contributed by atoms with E-state index in [9.17, 15) is 5.11 Å². The summed E-state index contributed by atoms with van der Waals surface area (Å²) in [5.74, 6) is 0.934. The number of alkyl halides is 1. The largest absolute Gasteiger partial charge is 0.495 e. The summed E-state index contributed by atoms with van der Waals surface area (Å²) in [6.45, 7) is 5.26. The molecule has 1 saturated heterocycles. The lowest BCUT2D eigenvalue weighted by Gasteiger charge is -2.38. The van der Waals surface area contributed by atoms with E-state index in [2.05, 4.69) is 21.7 Å². The van der Waals surface area contributed by atoms with Crippen LogP contribution < -0.4 is 4.74 Å². The number of halogens is 1. The Morgan fingerprint density at radius 2 is 2.27 bits per heavy atom. The highest BCUT2D eigenvalue weighted by Gasteiger charge is 2.24. The van der Waals surface area contributed by atoms with E-state index < -0.39 is 6.10 Å². The molecular weight excluding hydrogens is 304 g/mol. The van der Waals surface area contributed by atoms with Crippen molar-refractivity contribution < 1.29 is 9.84 Å². The number of nitrogens with zero attached hydrogens (tertiary/aromatic N) is 4. The topological polar surface area (TPSA) is 72.6 Å². The highest BCUT2D eigenvalue weighted by Crippen LogP contribution is 2.23. The molecule has 2 heterocycles. The van der Waals surface area contributed by atoms with Crippen molar-refractivity contribution in [1.29, 1.82) is 5.26 Å². The first-order valence-electron chi connectivity index (χ1n) is 7.20. The molecule has 0 saturated carbocycles. The van der Waals surface area contributed by atoms with Crippen LogP contribution in [0.3, 0.4) is 0 Å². The standard InChI is InChI=1S/C15H21ClN4O2/c1-11-6-19(10-20(7-11)9-16)8-14(21)13-3-15(22-2)12(4-17)5-18-13/h3,5,11,14,21H,6-10H2,1-2H3/t11?,14-/m0/s1. The minimum absolute atomic E-state index is 0.360. The Kier molecular flexibility index (Phi) is 5.98. The molecule has 1 aliphatic heterocycles. The van der Waals surface area contributed by atoms with E-state index in [4.69, 9.17) is 21.6 Å². The highest BCUT2D eigenvalue weighted by molar-refractivity contribution is 6.17. The van der Waals surface area contributed by atoms with Gasteiger partial charge in [-0.2, -0.15) is 5.26 Å². The number of pyridine rings is 1. The lowest BCUT2D eigenvalue weighted by molar-refractivity contribution is 0.0265. The van der Waals surface area contributed by atoms with Gasteiger partial charge in [-0.25, -0.2) is 0 Å². The van der Waals surface area contributed by atoms with E-state index in [0.29, 0.717) is 35.5 Å². The van der Waals surface area contributed by atoms with Gasteiger partial charge in [-0.3, -0.25) is 14.8 Å². The van der Waals surface area contributed by atoms with E-state index in [1.807, 2.05) is 6.07 Å². The Hall–Kier alpha value is -1.39. The van der Waals surface area contributed by atoms with E-state index in [1.54, 1.807) is 6.07 Å². The number of hydrogen-bond donors (Lipinski definition) is 1. The summed E-state index contributed by atoms with van der Waals surface area (Å²) in [5.41, 5.74) is 0.866. The normalized spacial score (nSPS) is 21.3. The summed E-state index contributed by atoms with van der Waals surface area (Å²) in [7, 11) is 1.50. The molecule has 1 unspecified atom stereocenters. The number of methoxy groups -OCH3 is 1. The van der Waals surface area contributed by atoms with Crippen LogP contribution in [0.1, 0.15) is 24.3 Å². The first kappa shape index (κ1) is 17.0. The molecule has 0 aliphatic carbocycles. The van der Waals surface area contributed by atoms with Crippen molar-refractivity contribution in [2.45, 2.75) is 13.0 Å². The molecule has 0 spiro atoms. The second-order valence-electron chi connectivity index (χ2n) is 5.69. The Balaban J connectivity index is 2.05. The Morgan fingerprint density at radius 1 is 1.55 bits per heavy atom. The van der Waals surface area contributed by atoms with Crippen LogP contribution in [-0.4, -0.2) is 59.3 Å². The maximum absolute atomic E-state index is 10.4. The average molecular weight is 325 g/mol. The molecule has 0 amide bonds. The summed E-state index contributed by atoms with van der Waals surface area (Å²) in [6, 6.07) is 4.12. The molecule has 2 rings (SSSR count). The van der Waals surface area contributed by atoms with Gasteiger partial charge in [0.15, 0.2) is 0 Å². The quantitative estimate of drug-likeness (QED) is 0.652. The van der Waals surface area contributed by atoms with Crippen LogP contribution in [0.2, 0.25) is 0 Å². The maximum Gasteiger partial charge on any atom is 0.140 e. The van der Waals surface area contributed by atoms with Gasteiger partial charge in [0.1, 0.15) is 23.5 Å². The van der Waals surface area contributed by atoms with Crippen molar-refractivity contribution >= 4 is 11.6 Å². The van der Waals surface area contributed by atoms with Gasteiger partial charge < -0.3 is 9.84 Å². The van der Waals surface area contributed by atoms with Crippen LogP contribution >= 0.6 is 11.6 Å². The van der Waals surface area contributed by atoms with Gasteiger partial charge in [0.05, 0.1) is 25.5 Å². The molecular formula is C15H21ClN4O2. The summed E-state index contributed by atoms with van der Waals surface area (Å²) in [6.07, 6.45) is 0.700. The maximum atomic E-state index is 10.4. The number of rotatable bonds is 5. The minimum atomic E-state index is -0.732. The lowest BCUT2D eigenvalue weighted by atomic mass is 10.1. The van der Waals surface area contributed by atoms with Gasteiger partial charge in [0.2, 0.25) is 0 Å². The van der Waals surface area contributed by atoms with Crippen molar-refractivity contribution in [3.05, 3.63) is 23.5 Å². The fraction of sp³-hybridized carbons (Fsp3) is 0.600. The van der Waals surface area contributed by atoms with Crippen LogP contribution in [0.5, 0.6) is 5.75 Å². The van der Waals surface area contributed by atoms with Crippen LogP contribution in [0, 0.1) is 17.2 Å². The molecule has 1 N–H and O–H groups in total.